The monoisotopic (exact) mass is 792 g/mol. The lowest BCUT2D eigenvalue weighted by atomic mass is 9.98. The van der Waals surface area contributed by atoms with Crippen LogP contribution in [0.15, 0.2) is 219 Å². The van der Waals surface area contributed by atoms with Crippen LogP contribution in [0.25, 0.3) is 112 Å². The van der Waals surface area contributed by atoms with Crippen molar-refractivity contribution < 1.29 is 0 Å². The molecule has 0 fully saturated rings. The topological polar surface area (TPSA) is 77.3 Å². The summed E-state index contributed by atoms with van der Waals surface area (Å²) in [4.78, 5) is 29.6. The predicted octanol–water partition coefficient (Wildman–Crippen LogP) is 13.7. The molecule has 7 aromatic carbocycles. The van der Waals surface area contributed by atoms with Crippen molar-refractivity contribution >= 4 is 21.5 Å². The Kier molecular flexibility index (Phi) is 9.41. The second-order valence-electron chi connectivity index (χ2n) is 15.2. The fourth-order valence-electron chi connectivity index (χ4n) is 7.87. The lowest BCUT2D eigenvalue weighted by Crippen LogP contribution is -2.00. The normalized spacial score (nSPS) is 11.2. The maximum Gasteiger partial charge on any atom is 0.164 e. The Bertz CT molecular complexity index is 3210. The standard InChI is InChI=1S/C56H36N6/c1-3-12-41(13-4-1)54-60-55(42-14-5-2-6-15-42)62-56(61-54)43-26-23-39(24-27-43)38-19-21-40(22-20-38)48-29-30-50(57-36-48)52-33-49(46-28-25-37-11-7-8-16-44(37)31-46)34-53(59-52)51-32-45-17-9-10-18-47(45)35-58-51/h1-36H. The Hall–Kier alpha value is -8.48. The first-order chi connectivity index (χ1) is 30.7. The van der Waals surface area contributed by atoms with E-state index in [2.05, 4.69) is 140 Å². The molecule has 0 bridgehead atoms. The van der Waals surface area contributed by atoms with Crippen LogP contribution in [0.2, 0.25) is 0 Å². The average molecular weight is 793 g/mol. The largest absolute Gasteiger partial charge is 0.254 e. The van der Waals surface area contributed by atoms with Crippen LogP contribution in [0.5, 0.6) is 0 Å². The van der Waals surface area contributed by atoms with E-state index in [0.29, 0.717) is 17.5 Å². The smallest absolute Gasteiger partial charge is 0.164 e. The highest BCUT2D eigenvalue weighted by molar-refractivity contribution is 5.89. The number of hydrogen-bond donors (Lipinski definition) is 0. The van der Waals surface area contributed by atoms with Crippen LogP contribution < -0.4 is 0 Å². The first kappa shape index (κ1) is 36.6. The molecule has 0 atom stereocenters. The van der Waals surface area contributed by atoms with E-state index in [1.54, 1.807) is 0 Å². The number of rotatable bonds is 8. The van der Waals surface area contributed by atoms with Crippen LogP contribution >= 0.6 is 0 Å². The van der Waals surface area contributed by atoms with E-state index in [1.807, 2.05) is 79.1 Å². The van der Waals surface area contributed by atoms with Gasteiger partial charge in [0.2, 0.25) is 0 Å². The minimum absolute atomic E-state index is 0.632. The Labute approximate surface area is 359 Å². The molecule has 11 aromatic rings. The van der Waals surface area contributed by atoms with Gasteiger partial charge in [-0.1, -0.05) is 176 Å². The molecule has 0 saturated heterocycles. The van der Waals surface area contributed by atoms with Gasteiger partial charge in [0.1, 0.15) is 0 Å². The quantitative estimate of drug-likeness (QED) is 0.152. The number of aromatic nitrogens is 6. The first-order valence-corrected chi connectivity index (χ1v) is 20.6. The van der Waals surface area contributed by atoms with Crippen LogP contribution in [-0.2, 0) is 0 Å². The van der Waals surface area contributed by atoms with Gasteiger partial charge < -0.3 is 0 Å². The first-order valence-electron chi connectivity index (χ1n) is 20.6. The molecule has 0 spiro atoms. The number of fused-ring (bicyclic) bond motifs is 2. The van der Waals surface area contributed by atoms with E-state index in [1.165, 1.54) is 10.8 Å². The minimum Gasteiger partial charge on any atom is -0.254 e. The second-order valence-corrected chi connectivity index (χ2v) is 15.2. The van der Waals surface area contributed by atoms with Crippen LogP contribution in [0.3, 0.4) is 0 Å². The summed E-state index contributed by atoms with van der Waals surface area (Å²) in [7, 11) is 0. The average Bonchev–Trinajstić information content (AvgIpc) is 3.36. The van der Waals surface area contributed by atoms with Gasteiger partial charge in [0, 0.05) is 40.0 Å². The Morgan fingerprint density at radius 3 is 1.23 bits per heavy atom. The zero-order chi connectivity index (χ0) is 41.2. The number of benzene rings is 7. The molecule has 0 aliphatic heterocycles. The number of nitrogens with zero attached hydrogens (tertiary/aromatic N) is 6. The van der Waals surface area contributed by atoms with Gasteiger partial charge >= 0.3 is 0 Å². The molecule has 11 rings (SSSR count). The van der Waals surface area contributed by atoms with Gasteiger partial charge in [0.25, 0.3) is 0 Å². The predicted molar refractivity (Wildman–Crippen MR) is 252 cm³/mol. The molecular formula is C56H36N6. The highest BCUT2D eigenvalue weighted by Crippen LogP contribution is 2.34. The SMILES string of the molecule is c1ccc(-c2nc(-c3ccccc3)nc(-c3ccc(-c4ccc(-c5ccc(-c6cc(-c7ccc8ccccc8c7)cc(-c7cc8ccccc8cn7)n6)nc5)cc4)cc3)n2)cc1. The molecule has 0 saturated carbocycles. The molecule has 0 radical (unpaired) electrons. The summed E-state index contributed by atoms with van der Waals surface area (Å²) in [5, 5.41) is 4.61. The summed E-state index contributed by atoms with van der Waals surface area (Å²) in [5.74, 6) is 1.92. The van der Waals surface area contributed by atoms with Gasteiger partial charge in [0.05, 0.1) is 22.8 Å². The lowest BCUT2D eigenvalue weighted by molar-refractivity contribution is 1.07. The van der Waals surface area contributed by atoms with Gasteiger partial charge in [-0.2, -0.15) is 0 Å². The highest BCUT2D eigenvalue weighted by atomic mass is 15.0. The molecule has 6 heteroatoms. The molecule has 0 unspecified atom stereocenters. The molecule has 0 aliphatic carbocycles. The third-order valence-electron chi connectivity index (χ3n) is 11.2. The molecule has 0 aliphatic rings. The van der Waals surface area contributed by atoms with Gasteiger partial charge in [-0.25, -0.2) is 19.9 Å². The summed E-state index contributed by atoms with van der Waals surface area (Å²) in [5.41, 5.74) is 12.5. The van der Waals surface area contributed by atoms with Crippen LogP contribution in [0.4, 0.5) is 0 Å². The maximum absolute atomic E-state index is 5.14. The molecule has 0 amide bonds. The molecule has 290 valence electrons. The Morgan fingerprint density at radius 1 is 0.210 bits per heavy atom. The third kappa shape index (κ3) is 7.38. The van der Waals surface area contributed by atoms with Gasteiger partial charge in [-0.3, -0.25) is 9.97 Å². The van der Waals surface area contributed by atoms with E-state index in [-0.39, 0.29) is 0 Å². The fraction of sp³-hybridized carbons (Fsp3) is 0. The molecule has 4 aromatic heterocycles. The number of hydrogen-bond acceptors (Lipinski definition) is 6. The third-order valence-corrected chi connectivity index (χ3v) is 11.2. The van der Waals surface area contributed by atoms with E-state index >= 15 is 0 Å². The van der Waals surface area contributed by atoms with Crippen molar-refractivity contribution in [1.29, 1.82) is 0 Å². The summed E-state index contributed by atoms with van der Waals surface area (Å²) in [6, 6.07) is 70.9. The molecule has 0 N–H and O–H groups in total. The van der Waals surface area contributed by atoms with E-state index in [4.69, 9.17) is 29.9 Å². The van der Waals surface area contributed by atoms with E-state index in [9.17, 15) is 0 Å². The molecular weight excluding hydrogens is 757 g/mol. The summed E-state index contributed by atoms with van der Waals surface area (Å²) < 4.78 is 0. The van der Waals surface area contributed by atoms with E-state index in [0.717, 1.165) is 83.6 Å². The van der Waals surface area contributed by atoms with Crippen molar-refractivity contribution in [2.45, 2.75) is 0 Å². The zero-order valence-electron chi connectivity index (χ0n) is 33.5. The molecule has 6 nitrogen and oxygen atoms in total. The van der Waals surface area contributed by atoms with Gasteiger partial charge in [-0.15, -0.1) is 0 Å². The van der Waals surface area contributed by atoms with Gasteiger partial charge in [0.15, 0.2) is 17.5 Å². The Morgan fingerprint density at radius 2 is 0.645 bits per heavy atom. The van der Waals surface area contributed by atoms with E-state index < -0.39 is 0 Å². The summed E-state index contributed by atoms with van der Waals surface area (Å²) in [6.45, 7) is 0. The zero-order valence-corrected chi connectivity index (χ0v) is 33.5. The summed E-state index contributed by atoms with van der Waals surface area (Å²) >= 11 is 0. The Balaban J connectivity index is 0.875. The van der Waals surface area contributed by atoms with Crippen LogP contribution in [0, 0.1) is 0 Å². The fourth-order valence-corrected chi connectivity index (χ4v) is 7.87. The second kappa shape index (κ2) is 15.9. The van der Waals surface area contributed by atoms with Gasteiger partial charge in [-0.05, 0) is 74.3 Å². The molecule has 62 heavy (non-hydrogen) atoms. The van der Waals surface area contributed by atoms with Crippen molar-refractivity contribution in [3.63, 3.8) is 0 Å². The van der Waals surface area contributed by atoms with Crippen LogP contribution in [0.1, 0.15) is 0 Å². The van der Waals surface area contributed by atoms with Crippen molar-refractivity contribution in [3.8, 4) is 90.3 Å². The van der Waals surface area contributed by atoms with Crippen LogP contribution in [-0.4, -0.2) is 29.9 Å². The highest BCUT2D eigenvalue weighted by Gasteiger charge is 2.15. The molecule has 4 heterocycles. The van der Waals surface area contributed by atoms with Crippen molar-refractivity contribution in [3.05, 3.63) is 219 Å². The minimum atomic E-state index is 0.632. The number of pyridine rings is 3. The maximum atomic E-state index is 5.14. The lowest BCUT2D eigenvalue weighted by Gasteiger charge is -2.11. The van der Waals surface area contributed by atoms with Crippen molar-refractivity contribution in [1.82, 2.24) is 29.9 Å². The van der Waals surface area contributed by atoms with Crippen molar-refractivity contribution in [2.24, 2.45) is 0 Å². The summed E-state index contributed by atoms with van der Waals surface area (Å²) in [6.07, 6.45) is 3.85. The van der Waals surface area contributed by atoms with Crippen molar-refractivity contribution in [2.75, 3.05) is 0 Å².